The van der Waals surface area contributed by atoms with E-state index in [1.165, 1.54) is 11.5 Å². The van der Waals surface area contributed by atoms with Gasteiger partial charge in [-0.25, -0.2) is 13.4 Å². The average molecular weight is 380 g/mol. The number of rotatable bonds is 6. The minimum absolute atomic E-state index is 0.0433. The molecule has 2 N–H and O–H groups in total. The van der Waals surface area contributed by atoms with Crippen molar-refractivity contribution in [1.82, 2.24) is 20.0 Å². The third-order valence-corrected chi connectivity index (χ3v) is 5.89. The Labute approximate surface area is 150 Å². The van der Waals surface area contributed by atoms with E-state index in [0.717, 1.165) is 0 Å². The Morgan fingerprint density at radius 3 is 2.85 bits per heavy atom. The van der Waals surface area contributed by atoms with Crippen LogP contribution in [-0.4, -0.2) is 67.4 Å². The zero-order chi connectivity index (χ0) is 18.7. The third kappa shape index (κ3) is 3.86. The second kappa shape index (κ2) is 7.42. The third-order valence-electron chi connectivity index (χ3n) is 4.13. The van der Waals surface area contributed by atoms with E-state index in [-0.39, 0.29) is 23.0 Å². The van der Waals surface area contributed by atoms with E-state index in [1.54, 1.807) is 24.4 Å². The van der Waals surface area contributed by atoms with Crippen LogP contribution in [-0.2, 0) is 14.6 Å². The summed E-state index contributed by atoms with van der Waals surface area (Å²) >= 11 is 0. The molecule has 0 bridgehead atoms. The number of fused-ring (bicyclic) bond motifs is 1. The molecule has 9 nitrogen and oxygen atoms in total. The number of aromatic nitrogens is 2. The first-order valence-corrected chi connectivity index (χ1v) is 9.99. The van der Waals surface area contributed by atoms with Gasteiger partial charge in [0.25, 0.3) is 11.8 Å². The molecule has 10 heteroatoms. The van der Waals surface area contributed by atoms with Crippen LogP contribution in [0.25, 0.3) is 5.52 Å². The molecule has 1 unspecified atom stereocenters. The maximum Gasteiger partial charge on any atom is 0.287 e. The molecule has 1 fully saturated rings. The van der Waals surface area contributed by atoms with E-state index in [9.17, 15) is 18.0 Å². The Hall–Kier alpha value is -2.46. The molecule has 3 rings (SSSR count). The first-order valence-electron chi connectivity index (χ1n) is 8.17. The minimum atomic E-state index is -3.10. The number of hydrogen-bond acceptors (Lipinski definition) is 6. The summed E-state index contributed by atoms with van der Waals surface area (Å²) < 4.78 is 29.5. The first-order chi connectivity index (χ1) is 12.4. The predicted octanol–water partition coefficient (Wildman–Crippen LogP) is -0.373. The number of ether oxygens (including phenoxy) is 1. The quantitative estimate of drug-likeness (QED) is 0.660. The molecule has 2 aromatic rings. The second-order valence-corrected chi connectivity index (χ2v) is 8.29. The lowest BCUT2D eigenvalue weighted by Crippen LogP contribution is -2.36. The number of carbonyl (C=O) groups excluding carboxylic acids is 2. The highest BCUT2D eigenvalue weighted by atomic mass is 32.2. The summed E-state index contributed by atoms with van der Waals surface area (Å²) in [5.74, 6) is -0.890. The molecule has 0 aromatic carbocycles. The Kier molecular flexibility index (Phi) is 5.23. The molecule has 1 aliphatic heterocycles. The van der Waals surface area contributed by atoms with Gasteiger partial charge in [0.2, 0.25) is 5.82 Å². The summed E-state index contributed by atoms with van der Waals surface area (Å²) in [5.41, 5.74) is 0.623. The number of nitrogens with zero attached hydrogens (tertiary/aromatic N) is 2. The number of pyridine rings is 1. The highest BCUT2D eigenvalue weighted by molar-refractivity contribution is 7.91. The van der Waals surface area contributed by atoms with Crippen LogP contribution in [0, 0.1) is 0 Å². The number of nitrogens with one attached hydrogen (secondary N) is 2. The smallest absolute Gasteiger partial charge is 0.287 e. The van der Waals surface area contributed by atoms with Crippen molar-refractivity contribution in [2.24, 2.45) is 0 Å². The van der Waals surface area contributed by atoms with Crippen LogP contribution in [0.3, 0.4) is 0 Å². The standard InChI is InChI=1S/C16H20N4O5S/c1-25-8-6-17-15(21)13-12-4-2-3-7-20(12)14(19-13)16(22)18-11-5-9-26(23,24)10-11/h2-4,7,11H,5-6,8-10H2,1H3,(H,17,21)(H,18,22). The molecule has 1 atom stereocenters. The summed E-state index contributed by atoms with van der Waals surface area (Å²) in [7, 11) is -1.57. The van der Waals surface area contributed by atoms with Gasteiger partial charge in [-0.15, -0.1) is 0 Å². The van der Waals surface area contributed by atoms with Crippen LogP contribution in [0.5, 0.6) is 0 Å². The Morgan fingerprint density at radius 2 is 2.15 bits per heavy atom. The molecule has 0 saturated carbocycles. The molecule has 2 amide bonds. The molecule has 2 aromatic heterocycles. The molecule has 0 aliphatic carbocycles. The largest absolute Gasteiger partial charge is 0.383 e. The van der Waals surface area contributed by atoms with Gasteiger partial charge < -0.3 is 15.4 Å². The summed E-state index contributed by atoms with van der Waals surface area (Å²) in [6.45, 7) is 0.684. The maximum atomic E-state index is 12.6. The molecular formula is C16H20N4O5S. The number of carbonyl (C=O) groups is 2. The van der Waals surface area contributed by atoms with Gasteiger partial charge in [-0.2, -0.15) is 0 Å². The van der Waals surface area contributed by atoms with E-state index >= 15 is 0 Å². The topological polar surface area (TPSA) is 119 Å². The van der Waals surface area contributed by atoms with Crippen LogP contribution >= 0.6 is 0 Å². The van der Waals surface area contributed by atoms with Crippen LogP contribution in [0.2, 0.25) is 0 Å². The minimum Gasteiger partial charge on any atom is -0.383 e. The lowest BCUT2D eigenvalue weighted by Gasteiger charge is -2.09. The second-order valence-electron chi connectivity index (χ2n) is 6.06. The van der Waals surface area contributed by atoms with Gasteiger partial charge in [-0.05, 0) is 18.6 Å². The van der Waals surface area contributed by atoms with E-state index in [1.807, 2.05) is 0 Å². The highest BCUT2D eigenvalue weighted by Gasteiger charge is 2.30. The number of sulfone groups is 1. The summed E-state index contributed by atoms with van der Waals surface area (Å²) in [6, 6.07) is 4.71. The van der Waals surface area contributed by atoms with Gasteiger partial charge in [0, 0.05) is 25.9 Å². The predicted molar refractivity (Wildman–Crippen MR) is 93.9 cm³/mol. The fourth-order valence-electron chi connectivity index (χ4n) is 2.87. The van der Waals surface area contributed by atoms with Gasteiger partial charge in [0.1, 0.15) is 0 Å². The zero-order valence-corrected chi connectivity index (χ0v) is 15.1. The van der Waals surface area contributed by atoms with Crippen LogP contribution in [0.4, 0.5) is 0 Å². The summed E-state index contributed by atoms with van der Waals surface area (Å²) in [6.07, 6.45) is 2.01. The Balaban J connectivity index is 1.84. The van der Waals surface area contributed by atoms with Crippen molar-refractivity contribution < 1.29 is 22.7 Å². The molecule has 26 heavy (non-hydrogen) atoms. The van der Waals surface area contributed by atoms with Crippen molar-refractivity contribution in [2.45, 2.75) is 12.5 Å². The van der Waals surface area contributed by atoms with Crippen LogP contribution in [0.15, 0.2) is 24.4 Å². The van der Waals surface area contributed by atoms with Gasteiger partial charge >= 0.3 is 0 Å². The Morgan fingerprint density at radius 1 is 1.35 bits per heavy atom. The van der Waals surface area contributed by atoms with E-state index < -0.39 is 27.7 Å². The summed E-state index contributed by atoms with van der Waals surface area (Å²) in [4.78, 5) is 29.1. The average Bonchev–Trinajstić information content (AvgIpc) is 3.15. The van der Waals surface area contributed by atoms with E-state index in [2.05, 4.69) is 15.6 Å². The normalized spacial score (nSPS) is 18.7. The van der Waals surface area contributed by atoms with Crippen LogP contribution < -0.4 is 10.6 Å². The maximum absolute atomic E-state index is 12.6. The zero-order valence-electron chi connectivity index (χ0n) is 14.3. The fraction of sp³-hybridized carbons (Fsp3) is 0.438. The SMILES string of the molecule is COCCNC(=O)c1nc(C(=O)NC2CCS(=O)(=O)C2)n2ccccc12. The van der Waals surface area contributed by atoms with Gasteiger partial charge in [0.15, 0.2) is 15.5 Å². The monoisotopic (exact) mass is 380 g/mol. The first kappa shape index (κ1) is 18.3. The number of methoxy groups -OCH3 is 1. The number of imidazole rings is 1. The molecule has 3 heterocycles. The van der Waals surface area contributed by atoms with Crippen LogP contribution in [0.1, 0.15) is 27.5 Å². The van der Waals surface area contributed by atoms with Crippen molar-refractivity contribution in [3.63, 3.8) is 0 Å². The summed E-state index contributed by atoms with van der Waals surface area (Å²) in [5, 5.41) is 5.37. The fourth-order valence-corrected chi connectivity index (χ4v) is 4.55. The Bertz CT molecular complexity index is 937. The van der Waals surface area contributed by atoms with Gasteiger partial charge in [0.05, 0.1) is 23.6 Å². The molecule has 1 aliphatic rings. The molecular weight excluding hydrogens is 360 g/mol. The van der Waals surface area contributed by atoms with Crippen molar-refractivity contribution >= 4 is 27.2 Å². The number of hydrogen-bond donors (Lipinski definition) is 2. The van der Waals surface area contributed by atoms with Crippen molar-refractivity contribution in [3.8, 4) is 0 Å². The van der Waals surface area contributed by atoms with Crippen molar-refractivity contribution in [3.05, 3.63) is 35.9 Å². The molecule has 0 radical (unpaired) electrons. The molecule has 140 valence electrons. The molecule has 1 saturated heterocycles. The van der Waals surface area contributed by atoms with E-state index in [4.69, 9.17) is 4.74 Å². The van der Waals surface area contributed by atoms with Gasteiger partial charge in [-0.3, -0.25) is 14.0 Å². The van der Waals surface area contributed by atoms with Crippen molar-refractivity contribution in [2.75, 3.05) is 31.8 Å². The molecule has 0 spiro atoms. The lowest BCUT2D eigenvalue weighted by molar-refractivity contribution is 0.0929. The highest BCUT2D eigenvalue weighted by Crippen LogP contribution is 2.15. The van der Waals surface area contributed by atoms with Crippen molar-refractivity contribution in [1.29, 1.82) is 0 Å². The van der Waals surface area contributed by atoms with Gasteiger partial charge in [-0.1, -0.05) is 6.07 Å². The number of amides is 2. The van der Waals surface area contributed by atoms with E-state index in [0.29, 0.717) is 25.1 Å². The lowest BCUT2D eigenvalue weighted by atomic mass is 10.2.